The van der Waals surface area contributed by atoms with Crippen molar-refractivity contribution < 1.29 is 14.7 Å². The number of nitrogens with zero attached hydrogens (tertiary/aromatic N) is 1. The Kier molecular flexibility index (Phi) is 4.20. The molecule has 0 atom stereocenters. The van der Waals surface area contributed by atoms with E-state index in [0.29, 0.717) is 6.54 Å². The molecule has 1 amide bonds. The lowest BCUT2D eigenvalue weighted by molar-refractivity contribution is -0.143. The van der Waals surface area contributed by atoms with Crippen LogP contribution in [0, 0.1) is 0 Å². The molecule has 0 aliphatic heterocycles. The maximum absolute atomic E-state index is 11.6. The van der Waals surface area contributed by atoms with Crippen LogP contribution in [0.2, 0.25) is 0 Å². The molecular weight excluding hydrogens is 242 g/mol. The van der Waals surface area contributed by atoms with E-state index in [0.717, 1.165) is 18.4 Å². The van der Waals surface area contributed by atoms with Crippen LogP contribution in [-0.4, -0.2) is 28.9 Å². The number of carboxylic acids is 1. The fraction of sp³-hybridized carbons (Fsp3) is 0.467. The smallest absolute Gasteiger partial charge is 0.312 e. The molecule has 0 bridgehead atoms. The first-order valence-electron chi connectivity index (χ1n) is 6.62. The quantitative estimate of drug-likeness (QED) is 0.843. The van der Waals surface area contributed by atoms with E-state index in [2.05, 4.69) is 12.1 Å². The minimum absolute atomic E-state index is 0.356. The van der Waals surface area contributed by atoms with E-state index in [9.17, 15) is 9.59 Å². The van der Waals surface area contributed by atoms with Gasteiger partial charge >= 0.3 is 5.97 Å². The lowest BCUT2D eigenvalue weighted by atomic mass is 9.90. The second-order valence-electron chi connectivity index (χ2n) is 5.13. The van der Waals surface area contributed by atoms with Crippen LogP contribution in [0.4, 0.5) is 0 Å². The highest BCUT2D eigenvalue weighted by molar-refractivity contribution is 5.93. The molecule has 4 nitrogen and oxygen atoms in total. The summed E-state index contributed by atoms with van der Waals surface area (Å²) in [6.07, 6.45) is 4.29. The molecular formula is C15H19NO3. The summed E-state index contributed by atoms with van der Waals surface area (Å²) in [5.74, 6) is -1.44. The van der Waals surface area contributed by atoms with Gasteiger partial charge in [0.05, 0.1) is 0 Å². The van der Waals surface area contributed by atoms with Crippen molar-refractivity contribution in [3.63, 3.8) is 0 Å². The zero-order chi connectivity index (χ0) is 13.8. The Bertz CT molecular complexity index is 496. The predicted octanol–water partition coefficient (Wildman–Crippen LogP) is 2.00. The van der Waals surface area contributed by atoms with Crippen molar-refractivity contribution in [3.05, 3.63) is 34.9 Å². The number of hydrogen-bond acceptors (Lipinski definition) is 2. The first kappa shape index (κ1) is 13.6. The maximum Gasteiger partial charge on any atom is 0.312 e. The highest BCUT2D eigenvalue weighted by Gasteiger charge is 2.14. The van der Waals surface area contributed by atoms with Crippen molar-refractivity contribution in [2.75, 3.05) is 7.05 Å². The predicted molar refractivity (Wildman–Crippen MR) is 71.8 cm³/mol. The molecule has 19 heavy (non-hydrogen) atoms. The minimum atomic E-state index is -1.08. The highest BCUT2D eigenvalue weighted by Crippen LogP contribution is 2.22. The van der Waals surface area contributed by atoms with E-state index in [1.165, 1.54) is 28.9 Å². The van der Waals surface area contributed by atoms with E-state index < -0.39 is 12.4 Å². The Hall–Kier alpha value is -1.84. The molecule has 4 heteroatoms. The summed E-state index contributed by atoms with van der Waals surface area (Å²) in [4.78, 5) is 23.6. The molecule has 1 aliphatic carbocycles. The third kappa shape index (κ3) is 3.56. The lowest BCUT2D eigenvalue weighted by Crippen LogP contribution is -2.28. The molecule has 0 fully saturated rings. The van der Waals surface area contributed by atoms with Crippen molar-refractivity contribution in [2.45, 2.75) is 38.6 Å². The summed E-state index contributed by atoms with van der Waals surface area (Å²) < 4.78 is 0. The van der Waals surface area contributed by atoms with E-state index in [1.54, 1.807) is 7.05 Å². The Balaban J connectivity index is 2.02. The molecule has 2 rings (SSSR count). The molecule has 1 aliphatic rings. The molecule has 1 aromatic carbocycles. The largest absolute Gasteiger partial charge is 0.481 e. The van der Waals surface area contributed by atoms with Gasteiger partial charge < -0.3 is 10.0 Å². The second-order valence-corrected chi connectivity index (χ2v) is 5.13. The van der Waals surface area contributed by atoms with Gasteiger partial charge in [-0.2, -0.15) is 0 Å². The van der Waals surface area contributed by atoms with Gasteiger partial charge in [-0.1, -0.05) is 18.2 Å². The van der Waals surface area contributed by atoms with Crippen LogP contribution in [0.25, 0.3) is 0 Å². The van der Waals surface area contributed by atoms with Gasteiger partial charge in [0.2, 0.25) is 5.91 Å². The maximum atomic E-state index is 11.6. The average molecular weight is 261 g/mol. The Morgan fingerprint density at radius 2 is 1.89 bits per heavy atom. The number of benzene rings is 1. The number of carboxylic acid groups (broad SMARTS) is 1. The van der Waals surface area contributed by atoms with Gasteiger partial charge in [-0.05, 0) is 42.4 Å². The van der Waals surface area contributed by atoms with Gasteiger partial charge in [-0.15, -0.1) is 0 Å². The molecule has 102 valence electrons. The number of rotatable bonds is 4. The van der Waals surface area contributed by atoms with E-state index in [4.69, 9.17) is 5.11 Å². The first-order chi connectivity index (χ1) is 9.06. The second kappa shape index (κ2) is 5.87. The number of aliphatic carboxylic acids is 1. The fourth-order valence-corrected chi connectivity index (χ4v) is 2.51. The van der Waals surface area contributed by atoms with Crippen LogP contribution in [0.5, 0.6) is 0 Å². The summed E-state index contributed by atoms with van der Waals surface area (Å²) in [5.41, 5.74) is 3.86. The Labute approximate surface area is 113 Å². The van der Waals surface area contributed by atoms with E-state index in [-0.39, 0.29) is 5.91 Å². The number of amides is 1. The van der Waals surface area contributed by atoms with Gasteiger partial charge in [0.25, 0.3) is 0 Å². The summed E-state index contributed by atoms with van der Waals surface area (Å²) in [6, 6.07) is 6.33. The van der Waals surface area contributed by atoms with Crippen LogP contribution >= 0.6 is 0 Å². The average Bonchev–Trinajstić information content (AvgIpc) is 2.37. The Morgan fingerprint density at radius 1 is 1.21 bits per heavy atom. The molecule has 0 aromatic heterocycles. The van der Waals surface area contributed by atoms with Crippen molar-refractivity contribution >= 4 is 11.9 Å². The summed E-state index contributed by atoms with van der Waals surface area (Å²) in [7, 11) is 1.64. The topological polar surface area (TPSA) is 57.6 Å². The number of carbonyl (C=O) groups is 2. The first-order valence-corrected chi connectivity index (χ1v) is 6.62. The summed E-state index contributed by atoms with van der Waals surface area (Å²) >= 11 is 0. The summed E-state index contributed by atoms with van der Waals surface area (Å²) in [6.45, 7) is 0.472. The van der Waals surface area contributed by atoms with Gasteiger partial charge in [0, 0.05) is 13.6 Å². The minimum Gasteiger partial charge on any atom is -0.481 e. The number of aryl methyl sites for hydroxylation is 2. The van der Waals surface area contributed by atoms with Crippen LogP contribution in [0.15, 0.2) is 18.2 Å². The van der Waals surface area contributed by atoms with Gasteiger partial charge in [-0.3, -0.25) is 9.59 Å². The molecule has 0 spiro atoms. The normalized spacial score (nSPS) is 13.7. The third-order valence-corrected chi connectivity index (χ3v) is 3.56. The van der Waals surface area contributed by atoms with Crippen molar-refractivity contribution in [2.24, 2.45) is 0 Å². The number of hydrogen-bond donors (Lipinski definition) is 1. The molecule has 1 aromatic rings. The zero-order valence-electron chi connectivity index (χ0n) is 11.2. The third-order valence-electron chi connectivity index (χ3n) is 3.56. The zero-order valence-corrected chi connectivity index (χ0v) is 11.2. The van der Waals surface area contributed by atoms with Crippen molar-refractivity contribution in [1.82, 2.24) is 4.90 Å². The number of carbonyl (C=O) groups excluding carboxylic acids is 1. The highest BCUT2D eigenvalue weighted by atomic mass is 16.4. The fourth-order valence-electron chi connectivity index (χ4n) is 2.51. The monoisotopic (exact) mass is 261 g/mol. The summed E-state index contributed by atoms with van der Waals surface area (Å²) in [5, 5.41) is 8.61. The lowest BCUT2D eigenvalue weighted by Gasteiger charge is -2.20. The van der Waals surface area contributed by atoms with Crippen LogP contribution in [0.3, 0.4) is 0 Å². The van der Waals surface area contributed by atoms with Crippen LogP contribution < -0.4 is 0 Å². The molecule has 0 unspecified atom stereocenters. The van der Waals surface area contributed by atoms with Crippen LogP contribution in [0.1, 0.15) is 36.0 Å². The van der Waals surface area contributed by atoms with Crippen LogP contribution in [-0.2, 0) is 29.0 Å². The van der Waals surface area contributed by atoms with Gasteiger partial charge in [0.1, 0.15) is 6.42 Å². The molecule has 0 saturated carbocycles. The van der Waals surface area contributed by atoms with E-state index >= 15 is 0 Å². The Morgan fingerprint density at radius 3 is 2.58 bits per heavy atom. The molecule has 1 N–H and O–H groups in total. The standard InChI is InChI=1S/C15H19NO3/c1-16(14(17)9-15(18)19)10-11-6-7-12-4-2-3-5-13(12)8-11/h6-8H,2-5,9-10H2,1H3,(H,18,19). The van der Waals surface area contributed by atoms with Gasteiger partial charge in [0.15, 0.2) is 0 Å². The molecule has 0 radical (unpaired) electrons. The van der Waals surface area contributed by atoms with Crippen molar-refractivity contribution in [1.29, 1.82) is 0 Å². The molecule has 0 heterocycles. The molecule has 0 saturated heterocycles. The van der Waals surface area contributed by atoms with Gasteiger partial charge in [-0.25, -0.2) is 0 Å². The SMILES string of the molecule is CN(Cc1ccc2c(c1)CCCC2)C(=O)CC(=O)O. The van der Waals surface area contributed by atoms with Crippen molar-refractivity contribution in [3.8, 4) is 0 Å². The number of fused-ring (bicyclic) bond motifs is 1. The van der Waals surface area contributed by atoms with E-state index in [1.807, 2.05) is 6.07 Å².